The Morgan fingerprint density at radius 3 is 1.48 bits per heavy atom. The second-order valence-electron chi connectivity index (χ2n) is 8.73. The molecule has 6 aromatic rings. The van der Waals surface area contributed by atoms with E-state index in [1.54, 1.807) is 0 Å². The molecule has 0 amide bonds. The summed E-state index contributed by atoms with van der Waals surface area (Å²) in [7, 11) is 0. The van der Waals surface area contributed by atoms with Gasteiger partial charge in [0.1, 0.15) is 0 Å². The molecule has 0 nitrogen and oxygen atoms in total. The van der Waals surface area contributed by atoms with Gasteiger partial charge < -0.3 is 0 Å². The summed E-state index contributed by atoms with van der Waals surface area (Å²) in [5.41, 5.74) is 4.11. The molecule has 0 heterocycles. The molecule has 31 heavy (non-hydrogen) atoms. The molecule has 0 aliphatic rings. The maximum Gasteiger partial charge on any atom is -0.00202 e. The highest BCUT2D eigenvalue weighted by atomic mass is 14.2. The molecule has 6 rings (SSSR count). The molecule has 0 atom stereocenters. The van der Waals surface area contributed by atoms with Crippen molar-refractivity contribution in [2.75, 3.05) is 0 Å². The molecular formula is C31H24. The summed E-state index contributed by atoms with van der Waals surface area (Å²) in [4.78, 5) is 0. The van der Waals surface area contributed by atoms with Crippen LogP contribution in [0.4, 0.5) is 0 Å². The van der Waals surface area contributed by atoms with E-state index in [0.29, 0.717) is 5.92 Å². The number of benzene rings is 6. The number of hydrogen-bond acceptors (Lipinski definition) is 0. The monoisotopic (exact) mass is 396 g/mol. The predicted octanol–water partition coefficient (Wildman–Crippen LogP) is 9.09. The van der Waals surface area contributed by atoms with Crippen LogP contribution in [0.5, 0.6) is 0 Å². The summed E-state index contributed by atoms with van der Waals surface area (Å²) in [5, 5.41) is 10.6. The average molecular weight is 397 g/mol. The van der Waals surface area contributed by atoms with Crippen molar-refractivity contribution in [1.29, 1.82) is 0 Å². The van der Waals surface area contributed by atoms with Gasteiger partial charge in [-0.1, -0.05) is 111 Å². The van der Waals surface area contributed by atoms with Crippen LogP contribution in [-0.4, -0.2) is 0 Å². The van der Waals surface area contributed by atoms with Crippen molar-refractivity contribution in [2.24, 2.45) is 0 Å². The van der Waals surface area contributed by atoms with E-state index in [9.17, 15) is 0 Å². The van der Waals surface area contributed by atoms with E-state index in [2.05, 4.69) is 117 Å². The second-order valence-corrected chi connectivity index (χ2v) is 8.73. The van der Waals surface area contributed by atoms with E-state index in [1.807, 2.05) is 0 Å². The maximum absolute atomic E-state index is 2.39. The van der Waals surface area contributed by atoms with Gasteiger partial charge in [0.15, 0.2) is 0 Å². The minimum atomic E-state index is 0.456. The zero-order valence-electron chi connectivity index (χ0n) is 17.9. The Morgan fingerprint density at radius 2 is 0.903 bits per heavy atom. The first-order chi connectivity index (χ1) is 15.2. The third kappa shape index (κ3) is 2.68. The van der Waals surface area contributed by atoms with E-state index in [0.717, 1.165) is 0 Å². The number of hydrogen-bond donors (Lipinski definition) is 0. The Labute approximate surface area is 182 Å². The van der Waals surface area contributed by atoms with Crippen LogP contribution in [0.3, 0.4) is 0 Å². The summed E-state index contributed by atoms with van der Waals surface area (Å²) in [5.74, 6) is 0.456. The molecule has 148 valence electrons. The normalized spacial score (nSPS) is 11.8. The molecule has 0 radical (unpaired) electrons. The molecule has 0 saturated heterocycles. The van der Waals surface area contributed by atoms with Crippen LogP contribution < -0.4 is 0 Å². The lowest BCUT2D eigenvalue weighted by molar-refractivity contribution is 0.885. The molecule has 0 aliphatic carbocycles. The molecule has 0 saturated carbocycles. The second kappa shape index (κ2) is 6.96. The van der Waals surface area contributed by atoms with Crippen molar-refractivity contribution in [2.45, 2.75) is 19.8 Å². The Bertz CT molecular complexity index is 1540. The quantitative estimate of drug-likeness (QED) is 0.202. The Balaban J connectivity index is 1.89. The summed E-state index contributed by atoms with van der Waals surface area (Å²) < 4.78 is 0. The van der Waals surface area contributed by atoms with E-state index in [4.69, 9.17) is 0 Å². The molecule has 0 heteroatoms. The fourth-order valence-electron chi connectivity index (χ4n) is 5.34. The smallest absolute Gasteiger partial charge is 0.00202 e. The van der Waals surface area contributed by atoms with Crippen LogP contribution in [0, 0.1) is 0 Å². The van der Waals surface area contributed by atoms with E-state index < -0.39 is 0 Å². The lowest BCUT2D eigenvalue weighted by Gasteiger charge is -2.20. The molecule has 0 fully saturated rings. The molecule has 0 aromatic heterocycles. The summed E-state index contributed by atoms with van der Waals surface area (Å²) in [6, 6.07) is 37.9. The van der Waals surface area contributed by atoms with Gasteiger partial charge >= 0.3 is 0 Å². The Morgan fingerprint density at radius 1 is 0.452 bits per heavy atom. The minimum absolute atomic E-state index is 0.456. The third-order valence-electron chi connectivity index (χ3n) is 6.59. The van der Waals surface area contributed by atoms with Gasteiger partial charge in [0.2, 0.25) is 0 Å². The standard InChI is InChI=1S/C31H24/c1-20(2)30-25-15-7-9-17-27(25)31(28-18-10-8-16-26(28)30)29-19-21-11-3-4-12-22(21)23-13-5-6-14-24(23)29/h3-20H,1-2H3. The Kier molecular flexibility index (Phi) is 4.07. The van der Waals surface area contributed by atoms with Gasteiger partial charge in [-0.05, 0) is 71.8 Å². The molecule has 0 N–H and O–H groups in total. The third-order valence-corrected chi connectivity index (χ3v) is 6.59. The molecule has 0 spiro atoms. The van der Waals surface area contributed by atoms with Gasteiger partial charge in [0.25, 0.3) is 0 Å². The van der Waals surface area contributed by atoms with Crippen molar-refractivity contribution in [3.8, 4) is 11.1 Å². The lowest BCUT2D eigenvalue weighted by atomic mass is 9.83. The van der Waals surface area contributed by atoms with Crippen LogP contribution in [0.2, 0.25) is 0 Å². The highest BCUT2D eigenvalue weighted by molar-refractivity contribution is 6.22. The summed E-state index contributed by atoms with van der Waals surface area (Å²) >= 11 is 0. The maximum atomic E-state index is 2.39. The molecule has 6 aromatic carbocycles. The van der Waals surface area contributed by atoms with Crippen molar-refractivity contribution < 1.29 is 0 Å². The SMILES string of the molecule is CC(C)c1c2ccccc2c(-c2cc3ccccc3c3ccccc23)c2ccccc12. The van der Waals surface area contributed by atoms with Crippen LogP contribution in [0.1, 0.15) is 25.3 Å². The topological polar surface area (TPSA) is 0 Å². The van der Waals surface area contributed by atoms with E-state index in [-0.39, 0.29) is 0 Å². The van der Waals surface area contributed by atoms with Gasteiger partial charge in [-0.25, -0.2) is 0 Å². The van der Waals surface area contributed by atoms with Gasteiger partial charge in [-0.2, -0.15) is 0 Å². The molecule has 0 bridgehead atoms. The van der Waals surface area contributed by atoms with Crippen molar-refractivity contribution >= 4 is 43.1 Å². The van der Waals surface area contributed by atoms with Crippen LogP contribution >= 0.6 is 0 Å². The first kappa shape index (κ1) is 18.2. The van der Waals surface area contributed by atoms with Crippen LogP contribution in [0.15, 0.2) is 103 Å². The minimum Gasteiger partial charge on any atom is -0.0616 e. The highest BCUT2D eigenvalue weighted by Crippen LogP contribution is 2.45. The van der Waals surface area contributed by atoms with Gasteiger partial charge in [-0.3, -0.25) is 0 Å². The van der Waals surface area contributed by atoms with Gasteiger partial charge in [0.05, 0.1) is 0 Å². The van der Waals surface area contributed by atoms with Gasteiger partial charge in [-0.15, -0.1) is 0 Å². The average Bonchev–Trinajstić information content (AvgIpc) is 2.82. The molecule has 0 aliphatic heterocycles. The zero-order valence-corrected chi connectivity index (χ0v) is 17.9. The predicted molar refractivity (Wildman–Crippen MR) is 136 cm³/mol. The first-order valence-corrected chi connectivity index (χ1v) is 11.1. The van der Waals surface area contributed by atoms with Crippen molar-refractivity contribution in [1.82, 2.24) is 0 Å². The lowest BCUT2D eigenvalue weighted by Crippen LogP contribution is -1.96. The van der Waals surface area contributed by atoms with E-state index in [1.165, 1.54) is 59.8 Å². The first-order valence-electron chi connectivity index (χ1n) is 11.1. The highest BCUT2D eigenvalue weighted by Gasteiger charge is 2.18. The zero-order chi connectivity index (χ0) is 20.9. The van der Waals surface area contributed by atoms with Crippen molar-refractivity contribution in [3.05, 3.63) is 109 Å². The molecular weight excluding hydrogens is 372 g/mol. The largest absolute Gasteiger partial charge is 0.0616 e. The van der Waals surface area contributed by atoms with Crippen molar-refractivity contribution in [3.63, 3.8) is 0 Å². The Hall–Kier alpha value is -3.64. The fourth-order valence-corrected chi connectivity index (χ4v) is 5.34. The van der Waals surface area contributed by atoms with E-state index >= 15 is 0 Å². The summed E-state index contributed by atoms with van der Waals surface area (Å²) in [6.07, 6.45) is 0. The summed E-state index contributed by atoms with van der Waals surface area (Å²) in [6.45, 7) is 4.61. The van der Waals surface area contributed by atoms with Gasteiger partial charge in [0, 0.05) is 0 Å². The number of rotatable bonds is 2. The number of fused-ring (bicyclic) bond motifs is 5. The molecule has 0 unspecified atom stereocenters. The van der Waals surface area contributed by atoms with Crippen LogP contribution in [0.25, 0.3) is 54.2 Å². The van der Waals surface area contributed by atoms with Crippen LogP contribution in [-0.2, 0) is 0 Å². The fraction of sp³-hybridized carbons (Fsp3) is 0.0968.